The molecule has 5 aliphatic rings. The second kappa shape index (κ2) is 6.79. The van der Waals surface area contributed by atoms with Gasteiger partial charge in [-0.25, -0.2) is 4.79 Å². The quantitative estimate of drug-likeness (QED) is 0.704. The number of carbonyl (C=O) groups excluding carboxylic acids is 1. The van der Waals surface area contributed by atoms with Crippen molar-refractivity contribution in [3.8, 4) is 0 Å². The normalized spacial score (nSPS) is 47.1. The summed E-state index contributed by atoms with van der Waals surface area (Å²) < 4.78 is 47.0. The van der Waals surface area contributed by atoms with E-state index in [1.165, 1.54) is 0 Å². The van der Waals surface area contributed by atoms with Gasteiger partial charge in [0.25, 0.3) is 0 Å². The van der Waals surface area contributed by atoms with Crippen molar-refractivity contribution in [2.75, 3.05) is 13.2 Å². The number of hydrogen-bond acceptors (Lipinski definition) is 9. The molecule has 0 bridgehead atoms. The van der Waals surface area contributed by atoms with Crippen LogP contribution in [0.25, 0.3) is 0 Å². The first-order valence-electron chi connectivity index (χ1n) is 9.95. The van der Waals surface area contributed by atoms with Gasteiger partial charge in [-0.05, 0) is 33.8 Å². The lowest BCUT2D eigenvalue weighted by Gasteiger charge is -2.49. The van der Waals surface area contributed by atoms with Crippen LogP contribution in [-0.2, 0) is 37.9 Å². The molecule has 5 heterocycles. The highest BCUT2D eigenvalue weighted by Gasteiger charge is 2.58. The SMILES string of the molecule is CC1(C)OC[C@H]2O[C@@H](O[C@@H]3C=CO[C@@H]4COC(C)(C)O[C@@H]34)[C@@H]3NC(=O)O[C@@H]3[C@@H]2O1. The fourth-order valence-corrected chi connectivity index (χ4v) is 4.35. The molecule has 0 aromatic carbocycles. The lowest BCUT2D eigenvalue weighted by atomic mass is 9.95. The van der Waals surface area contributed by atoms with Gasteiger partial charge in [0, 0.05) is 0 Å². The van der Waals surface area contributed by atoms with Crippen LogP contribution >= 0.6 is 0 Å². The van der Waals surface area contributed by atoms with Gasteiger partial charge in [-0.1, -0.05) is 0 Å². The summed E-state index contributed by atoms with van der Waals surface area (Å²) in [7, 11) is 0. The van der Waals surface area contributed by atoms with E-state index in [2.05, 4.69) is 5.32 Å². The maximum Gasteiger partial charge on any atom is 0.408 e. The van der Waals surface area contributed by atoms with Gasteiger partial charge in [-0.15, -0.1) is 0 Å². The van der Waals surface area contributed by atoms with Crippen molar-refractivity contribution in [3.05, 3.63) is 12.3 Å². The van der Waals surface area contributed by atoms with Crippen LogP contribution in [0.1, 0.15) is 27.7 Å². The van der Waals surface area contributed by atoms with Gasteiger partial charge in [0.2, 0.25) is 0 Å². The molecule has 10 heteroatoms. The molecule has 4 saturated heterocycles. The minimum absolute atomic E-state index is 0.290. The van der Waals surface area contributed by atoms with Gasteiger partial charge in [0.05, 0.1) is 19.5 Å². The summed E-state index contributed by atoms with van der Waals surface area (Å²) in [5.41, 5.74) is 0. The Morgan fingerprint density at radius 1 is 1.00 bits per heavy atom. The standard InChI is InChI=1S/C19H27NO9/c1-18(2)23-7-10-13(28-18)9(5-6-22-10)25-16-12-15(27-17(21)20-12)14-11(26-16)8-24-19(3,4)29-14/h5-6,9-16H,7-8H2,1-4H3,(H,20,21)/t9-,10-,11-,12-,13+,14-,15+,16-/m1/s1. The third kappa shape index (κ3) is 3.62. The largest absolute Gasteiger partial charge is 0.493 e. The van der Waals surface area contributed by atoms with Crippen molar-refractivity contribution < 1.29 is 42.7 Å². The first-order chi connectivity index (χ1) is 13.7. The predicted molar refractivity (Wildman–Crippen MR) is 94.5 cm³/mol. The zero-order valence-corrected chi connectivity index (χ0v) is 16.9. The Morgan fingerprint density at radius 2 is 1.69 bits per heavy atom. The monoisotopic (exact) mass is 413 g/mol. The first-order valence-corrected chi connectivity index (χ1v) is 9.95. The maximum absolute atomic E-state index is 12.0. The number of ether oxygens (including phenoxy) is 8. The Hall–Kier alpha value is -1.43. The molecular weight excluding hydrogens is 386 g/mol. The molecule has 162 valence electrons. The average Bonchev–Trinajstić information content (AvgIpc) is 3.04. The molecular formula is C19H27NO9. The summed E-state index contributed by atoms with van der Waals surface area (Å²) in [4.78, 5) is 12.0. The zero-order valence-electron chi connectivity index (χ0n) is 16.9. The van der Waals surface area contributed by atoms with E-state index in [-0.39, 0.29) is 12.2 Å². The molecule has 10 nitrogen and oxygen atoms in total. The predicted octanol–water partition coefficient (Wildman–Crippen LogP) is 0.789. The van der Waals surface area contributed by atoms with E-state index in [0.717, 1.165) is 0 Å². The van der Waals surface area contributed by atoms with Crippen LogP contribution in [0.2, 0.25) is 0 Å². The van der Waals surface area contributed by atoms with Crippen molar-refractivity contribution in [1.82, 2.24) is 5.32 Å². The Bertz CT molecular complexity index is 695. The molecule has 29 heavy (non-hydrogen) atoms. The van der Waals surface area contributed by atoms with Crippen LogP contribution in [0.3, 0.4) is 0 Å². The third-order valence-electron chi connectivity index (χ3n) is 5.71. The van der Waals surface area contributed by atoms with Gasteiger partial charge >= 0.3 is 6.09 Å². The first kappa shape index (κ1) is 19.5. The number of carbonyl (C=O) groups is 1. The van der Waals surface area contributed by atoms with E-state index >= 15 is 0 Å². The third-order valence-corrected chi connectivity index (χ3v) is 5.71. The van der Waals surface area contributed by atoms with Gasteiger partial charge in [0.1, 0.15) is 30.5 Å². The van der Waals surface area contributed by atoms with Crippen molar-refractivity contribution in [3.63, 3.8) is 0 Å². The van der Waals surface area contributed by atoms with Gasteiger partial charge in [0.15, 0.2) is 30.1 Å². The highest BCUT2D eigenvalue weighted by molar-refractivity contribution is 5.70. The van der Waals surface area contributed by atoms with Crippen LogP contribution in [0.15, 0.2) is 12.3 Å². The Labute approximate surface area is 168 Å². The van der Waals surface area contributed by atoms with E-state index < -0.39 is 54.4 Å². The number of alkyl carbamates (subject to hydrolysis) is 1. The highest BCUT2D eigenvalue weighted by Crippen LogP contribution is 2.38. The van der Waals surface area contributed by atoms with E-state index in [1.54, 1.807) is 12.3 Å². The van der Waals surface area contributed by atoms with Crippen LogP contribution in [0.5, 0.6) is 0 Å². The molecule has 5 aliphatic heterocycles. The van der Waals surface area contributed by atoms with Crippen LogP contribution in [0, 0.1) is 0 Å². The zero-order chi connectivity index (χ0) is 20.4. The molecule has 1 amide bonds. The van der Waals surface area contributed by atoms with Crippen molar-refractivity contribution in [2.24, 2.45) is 0 Å². The molecule has 8 atom stereocenters. The Kier molecular flexibility index (Phi) is 4.57. The molecule has 1 N–H and O–H groups in total. The summed E-state index contributed by atoms with van der Waals surface area (Å²) >= 11 is 0. The number of amides is 1. The number of rotatable bonds is 2. The molecule has 0 saturated carbocycles. The molecule has 0 spiro atoms. The Morgan fingerprint density at radius 3 is 2.45 bits per heavy atom. The minimum Gasteiger partial charge on any atom is -0.493 e. The van der Waals surface area contributed by atoms with E-state index in [4.69, 9.17) is 37.9 Å². The summed E-state index contributed by atoms with van der Waals surface area (Å²) in [6.07, 6.45) is -0.438. The van der Waals surface area contributed by atoms with Crippen molar-refractivity contribution in [1.29, 1.82) is 0 Å². The molecule has 0 aliphatic carbocycles. The van der Waals surface area contributed by atoms with E-state index in [0.29, 0.717) is 13.2 Å². The van der Waals surface area contributed by atoms with Crippen molar-refractivity contribution in [2.45, 2.75) is 88.2 Å². The average molecular weight is 413 g/mol. The summed E-state index contributed by atoms with van der Waals surface area (Å²) in [5, 5.41) is 2.79. The topological polar surface area (TPSA) is 103 Å². The molecule has 0 aromatic heterocycles. The second-order valence-electron chi connectivity index (χ2n) is 8.77. The van der Waals surface area contributed by atoms with Gasteiger partial charge < -0.3 is 43.2 Å². The van der Waals surface area contributed by atoms with Gasteiger partial charge in [-0.2, -0.15) is 0 Å². The molecule has 4 fully saturated rings. The second-order valence-corrected chi connectivity index (χ2v) is 8.77. The highest BCUT2D eigenvalue weighted by atomic mass is 16.8. The molecule has 0 aromatic rings. The van der Waals surface area contributed by atoms with E-state index in [1.807, 2.05) is 27.7 Å². The van der Waals surface area contributed by atoms with Crippen LogP contribution in [-0.4, -0.2) is 79.8 Å². The number of fused-ring (bicyclic) bond motifs is 4. The lowest BCUT2D eigenvalue weighted by molar-refractivity contribution is -0.375. The number of nitrogens with one attached hydrogen (secondary N) is 1. The maximum atomic E-state index is 12.0. The fourth-order valence-electron chi connectivity index (χ4n) is 4.35. The van der Waals surface area contributed by atoms with Crippen LogP contribution in [0.4, 0.5) is 4.79 Å². The van der Waals surface area contributed by atoms with Gasteiger partial charge in [-0.3, -0.25) is 0 Å². The summed E-state index contributed by atoms with van der Waals surface area (Å²) in [6, 6.07) is -0.514. The molecule has 0 radical (unpaired) electrons. The molecule has 0 unspecified atom stereocenters. The summed E-state index contributed by atoms with van der Waals surface area (Å²) in [6.45, 7) is 8.04. The number of hydrogen-bond donors (Lipinski definition) is 1. The smallest absolute Gasteiger partial charge is 0.408 e. The minimum atomic E-state index is -0.782. The fraction of sp³-hybridized carbons (Fsp3) is 0.842. The van der Waals surface area contributed by atoms with Crippen molar-refractivity contribution >= 4 is 6.09 Å². The molecule has 5 rings (SSSR count). The Balaban J connectivity index is 1.35. The van der Waals surface area contributed by atoms with E-state index in [9.17, 15) is 4.79 Å². The lowest BCUT2D eigenvalue weighted by Crippen LogP contribution is -2.66. The van der Waals surface area contributed by atoms with Crippen LogP contribution < -0.4 is 5.32 Å². The summed E-state index contributed by atoms with van der Waals surface area (Å²) in [5.74, 6) is -1.53.